The first-order valence-corrected chi connectivity index (χ1v) is 10.3. The zero-order valence-corrected chi connectivity index (χ0v) is 18.2. The van der Waals surface area contributed by atoms with Gasteiger partial charge < -0.3 is 14.6 Å². The SMILES string of the molecule is Cc1ccc(C)c(Oc2cn[nH]c2-c2ccc(OCc3ccc(Br)cc3)cc2O)c1. The van der Waals surface area contributed by atoms with Crippen LogP contribution in [-0.2, 0) is 6.61 Å². The molecule has 0 unspecified atom stereocenters. The summed E-state index contributed by atoms with van der Waals surface area (Å²) in [6.45, 7) is 4.42. The van der Waals surface area contributed by atoms with E-state index in [1.807, 2.05) is 62.4 Å². The number of aryl methyl sites for hydroxylation is 2. The second kappa shape index (κ2) is 8.63. The summed E-state index contributed by atoms with van der Waals surface area (Å²) in [5.41, 5.74) is 4.36. The summed E-state index contributed by atoms with van der Waals surface area (Å²) in [5, 5.41) is 17.6. The number of benzene rings is 3. The number of rotatable bonds is 6. The Morgan fingerprint density at radius 1 is 0.967 bits per heavy atom. The molecule has 0 radical (unpaired) electrons. The molecule has 0 aliphatic heterocycles. The number of halogens is 1. The number of aromatic amines is 1. The van der Waals surface area contributed by atoms with Crippen LogP contribution in [0, 0.1) is 13.8 Å². The molecule has 6 heteroatoms. The van der Waals surface area contributed by atoms with Crippen LogP contribution in [0.15, 0.2) is 71.3 Å². The molecule has 0 aliphatic carbocycles. The van der Waals surface area contributed by atoms with Gasteiger partial charge in [0.05, 0.1) is 6.20 Å². The highest BCUT2D eigenvalue weighted by molar-refractivity contribution is 9.10. The molecule has 0 atom stereocenters. The van der Waals surface area contributed by atoms with Crippen molar-refractivity contribution < 1.29 is 14.6 Å². The summed E-state index contributed by atoms with van der Waals surface area (Å²) < 4.78 is 12.9. The molecule has 0 saturated carbocycles. The van der Waals surface area contributed by atoms with Crippen molar-refractivity contribution in [2.24, 2.45) is 0 Å². The van der Waals surface area contributed by atoms with E-state index in [0.717, 1.165) is 26.9 Å². The molecule has 1 heterocycles. The Kier molecular flexibility index (Phi) is 5.77. The van der Waals surface area contributed by atoms with Gasteiger partial charge in [0, 0.05) is 16.1 Å². The van der Waals surface area contributed by atoms with Crippen molar-refractivity contribution in [2.45, 2.75) is 20.5 Å². The van der Waals surface area contributed by atoms with Gasteiger partial charge in [0.15, 0.2) is 5.75 Å². The monoisotopic (exact) mass is 464 g/mol. The Balaban J connectivity index is 1.53. The van der Waals surface area contributed by atoms with Gasteiger partial charge in [0.25, 0.3) is 0 Å². The second-order valence-electron chi connectivity index (χ2n) is 7.07. The average molecular weight is 465 g/mol. The van der Waals surface area contributed by atoms with E-state index in [0.29, 0.717) is 29.4 Å². The lowest BCUT2D eigenvalue weighted by molar-refractivity contribution is 0.304. The van der Waals surface area contributed by atoms with E-state index in [9.17, 15) is 5.11 Å². The predicted molar refractivity (Wildman–Crippen MR) is 120 cm³/mol. The molecule has 1 aromatic heterocycles. The van der Waals surface area contributed by atoms with Gasteiger partial charge in [-0.1, -0.05) is 40.2 Å². The number of nitrogens with zero attached hydrogens (tertiary/aromatic N) is 1. The van der Waals surface area contributed by atoms with Crippen LogP contribution < -0.4 is 9.47 Å². The van der Waals surface area contributed by atoms with Crippen LogP contribution in [0.25, 0.3) is 11.3 Å². The number of phenolic OH excluding ortho intramolecular Hbond substituents is 1. The molecule has 5 nitrogen and oxygen atoms in total. The fourth-order valence-electron chi connectivity index (χ4n) is 3.04. The molecule has 0 amide bonds. The van der Waals surface area contributed by atoms with Gasteiger partial charge in [0.1, 0.15) is 29.5 Å². The Hall–Kier alpha value is -3.25. The van der Waals surface area contributed by atoms with Crippen LogP contribution in [0.4, 0.5) is 0 Å². The summed E-state index contributed by atoms with van der Waals surface area (Å²) in [4.78, 5) is 0. The minimum Gasteiger partial charge on any atom is -0.507 e. The highest BCUT2D eigenvalue weighted by Crippen LogP contribution is 2.38. The summed E-state index contributed by atoms with van der Waals surface area (Å²) >= 11 is 3.42. The Bertz CT molecular complexity index is 1170. The lowest BCUT2D eigenvalue weighted by Gasteiger charge is -2.12. The number of H-pyrrole nitrogens is 1. The number of ether oxygens (including phenoxy) is 2. The van der Waals surface area contributed by atoms with Gasteiger partial charge in [0.2, 0.25) is 0 Å². The molecule has 30 heavy (non-hydrogen) atoms. The van der Waals surface area contributed by atoms with Gasteiger partial charge in [-0.25, -0.2) is 0 Å². The maximum Gasteiger partial charge on any atom is 0.173 e. The highest BCUT2D eigenvalue weighted by Gasteiger charge is 2.15. The van der Waals surface area contributed by atoms with Crippen molar-refractivity contribution >= 4 is 15.9 Å². The third kappa shape index (κ3) is 4.49. The molecule has 3 aromatic carbocycles. The number of phenols is 1. The van der Waals surface area contributed by atoms with E-state index in [1.54, 1.807) is 18.3 Å². The first kappa shape index (κ1) is 20.0. The van der Waals surface area contributed by atoms with E-state index in [2.05, 4.69) is 26.1 Å². The number of nitrogens with one attached hydrogen (secondary N) is 1. The topological polar surface area (TPSA) is 67.4 Å². The first-order chi connectivity index (χ1) is 14.5. The van der Waals surface area contributed by atoms with Gasteiger partial charge in [-0.2, -0.15) is 5.10 Å². The van der Waals surface area contributed by atoms with Crippen LogP contribution in [0.3, 0.4) is 0 Å². The van der Waals surface area contributed by atoms with E-state index in [1.165, 1.54) is 0 Å². The van der Waals surface area contributed by atoms with E-state index >= 15 is 0 Å². The molecular weight excluding hydrogens is 444 g/mol. The standard InChI is InChI=1S/C24H21BrN2O3/c1-15-3-4-16(2)22(11-15)30-23-13-26-27-24(23)20-10-9-19(12-21(20)28)29-14-17-5-7-18(25)8-6-17/h3-13,28H,14H2,1-2H3,(H,26,27). The maximum atomic E-state index is 10.6. The van der Waals surface area contributed by atoms with Gasteiger partial charge in [-0.15, -0.1) is 0 Å². The van der Waals surface area contributed by atoms with E-state index < -0.39 is 0 Å². The van der Waals surface area contributed by atoms with Crippen LogP contribution in [-0.4, -0.2) is 15.3 Å². The quantitative estimate of drug-likeness (QED) is 0.340. The fraction of sp³-hybridized carbons (Fsp3) is 0.125. The third-order valence-corrected chi connectivity index (χ3v) is 5.25. The second-order valence-corrected chi connectivity index (χ2v) is 7.99. The molecule has 152 valence electrons. The summed E-state index contributed by atoms with van der Waals surface area (Å²) in [5.74, 6) is 1.96. The summed E-state index contributed by atoms with van der Waals surface area (Å²) in [7, 11) is 0. The van der Waals surface area contributed by atoms with E-state index in [-0.39, 0.29) is 5.75 Å². The number of aromatic hydroxyl groups is 1. The minimum absolute atomic E-state index is 0.0818. The average Bonchev–Trinajstić information content (AvgIpc) is 3.18. The normalized spacial score (nSPS) is 10.8. The van der Waals surface area contributed by atoms with Crippen molar-refractivity contribution in [3.8, 4) is 34.3 Å². The Labute approximate surface area is 183 Å². The highest BCUT2D eigenvalue weighted by atomic mass is 79.9. The van der Waals surface area contributed by atoms with Crippen molar-refractivity contribution in [2.75, 3.05) is 0 Å². The molecule has 0 saturated heterocycles. The van der Waals surface area contributed by atoms with Crippen molar-refractivity contribution in [1.82, 2.24) is 10.2 Å². The van der Waals surface area contributed by atoms with Crippen LogP contribution in [0.2, 0.25) is 0 Å². The Morgan fingerprint density at radius 3 is 2.53 bits per heavy atom. The number of aromatic nitrogens is 2. The van der Waals surface area contributed by atoms with Crippen molar-refractivity contribution in [1.29, 1.82) is 0 Å². The maximum absolute atomic E-state index is 10.6. The smallest absolute Gasteiger partial charge is 0.173 e. The summed E-state index contributed by atoms with van der Waals surface area (Å²) in [6.07, 6.45) is 1.61. The molecule has 4 aromatic rings. The molecule has 0 fully saturated rings. The van der Waals surface area contributed by atoms with Gasteiger partial charge in [-0.3, -0.25) is 5.10 Å². The first-order valence-electron chi connectivity index (χ1n) is 9.49. The predicted octanol–water partition coefficient (Wildman–Crippen LogP) is 6.53. The van der Waals surface area contributed by atoms with E-state index in [4.69, 9.17) is 9.47 Å². The molecule has 0 bridgehead atoms. The van der Waals surface area contributed by atoms with Crippen molar-refractivity contribution in [3.05, 3.63) is 88.0 Å². The largest absolute Gasteiger partial charge is 0.507 e. The lowest BCUT2D eigenvalue weighted by atomic mass is 10.1. The zero-order chi connectivity index (χ0) is 21.1. The Morgan fingerprint density at radius 2 is 1.77 bits per heavy atom. The van der Waals surface area contributed by atoms with Crippen molar-refractivity contribution in [3.63, 3.8) is 0 Å². The molecular formula is C24H21BrN2O3. The molecule has 2 N–H and O–H groups in total. The summed E-state index contributed by atoms with van der Waals surface area (Å²) in [6, 6.07) is 19.1. The lowest BCUT2D eigenvalue weighted by Crippen LogP contribution is -1.95. The number of hydrogen-bond donors (Lipinski definition) is 2. The molecule has 0 aliphatic rings. The van der Waals surface area contributed by atoms with Crippen LogP contribution in [0.1, 0.15) is 16.7 Å². The third-order valence-electron chi connectivity index (χ3n) is 4.73. The molecule has 0 spiro atoms. The molecule has 4 rings (SSSR count). The van der Waals surface area contributed by atoms with Gasteiger partial charge >= 0.3 is 0 Å². The van der Waals surface area contributed by atoms with Gasteiger partial charge in [-0.05, 0) is 60.9 Å². The minimum atomic E-state index is 0.0818. The van der Waals surface area contributed by atoms with Crippen LogP contribution in [0.5, 0.6) is 23.0 Å². The number of hydrogen-bond acceptors (Lipinski definition) is 4. The zero-order valence-electron chi connectivity index (χ0n) is 16.6. The van der Waals surface area contributed by atoms with Crippen LogP contribution >= 0.6 is 15.9 Å². The fourth-order valence-corrected chi connectivity index (χ4v) is 3.31.